The van der Waals surface area contributed by atoms with Crippen molar-refractivity contribution in [3.63, 3.8) is 0 Å². The predicted molar refractivity (Wildman–Crippen MR) is 223 cm³/mol. The second-order valence-electron chi connectivity index (χ2n) is 14.5. The molecule has 6 N–H and O–H groups in total. The molecule has 0 spiro atoms. The second-order valence-corrected chi connectivity index (χ2v) is 16.2. The fraction of sp³-hybridized carbons (Fsp3) is 0.333. The molecule has 12 nitrogen and oxygen atoms in total. The summed E-state index contributed by atoms with van der Waals surface area (Å²) in [6, 6.07) is 24.0. The summed E-state index contributed by atoms with van der Waals surface area (Å²) < 4.78 is 77.5. The van der Waals surface area contributed by atoms with Gasteiger partial charge < -0.3 is 29.9 Å². The molecule has 0 atom stereocenters. The third-order valence-corrected chi connectivity index (χ3v) is 10.2. The topological polar surface area (TPSA) is 192 Å². The Balaban J connectivity index is 0.000000811. The number of hydrogen-bond donors (Lipinski definition) is 6. The zero-order valence-corrected chi connectivity index (χ0v) is 37.2. The van der Waals surface area contributed by atoms with Gasteiger partial charge in [-0.05, 0) is 142 Å². The van der Waals surface area contributed by atoms with Gasteiger partial charge in [0.25, 0.3) is 0 Å². The SMILES string of the molecule is Cc1c(COc2ccc(CNC(C)(C)C(=O)O)cc2Br)cccc1-c1cccc(COc2ccc(CNC(C)(C)C(=O)O)cc2Br)c1C.O=C(O)C(F)(F)F.O=C(O)C(F)(F)F. The maximum atomic E-state index is 11.4. The molecular formula is C42H44Br2F6N2O10. The van der Waals surface area contributed by atoms with E-state index >= 15 is 0 Å². The first-order valence-corrected chi connectivity index (χ1v) is 19.6. The Bertz CT molecular complexity index is 2080. The fourth-order valence-electron chi connectivity index (χ4n) is 4.91. The van der Waals surface area contributed by atoms with Crippen molar-refractivity contribution in [1.82, 2.24) is 10.6 Å². The summed E-state index contributed by atoms with van der Waals surface area (Å²) in [5.41, 5.74) is 6.48. The summed E-state index contributed by atoms with van der Waals surface area (Å²) >= 11 is 7.22. The highest BCUT2D eigenvalue weighted by Crippen LogP contribution is 2.33. The van der Waals surface area contributed by atoms with Gasteiger partial charge in [-0.25, -0.2) is 9.59 Å². The Morgan fingerprint density at radius 3 is 1.11 bits per heavy atom. The van der Waals surface area contributed by atoms with E-state index in [9.17, 15) is 46.1 Å². The second kappa shape index (κ2) is 22.3. The van der Waals surface area contributed by atoms with Crippen molar-refractivity contribution in [3.8, 4) is 22.6 Å². The Morgan fingerprint density at radius 2 is 0.855 bits per heavy atom. The number of halogens is 8. The zero-order valence-electron chi connectivity index (χ0n) is 34.0. The lowest BCUT2D eigenvalue weighted by molar-refractivity contribution is -0.193. The lowest BCUT2D eigenvalue weighted by Gasteiger charge is -2.21. The van der Waals surface area contributed by atoms with Gasteiger partial charge in [-0.3, -0.25) is 20.2 Å². The van der Waals surface area contributed by atoms with E-state index in [0.29, 0.717) is 37.8 Å². The van der Waals surface area contributed by atoms with Crippen LogP contribution < -0.4 is 20.1 Å². The lowest BCUT2D eigenvalue weighted by Crippen LogP contribution is -2.46. The van der Waals surface area contributed by atoms with Crippen LogP contribution in [0.4, 0.5) is 26.3 Å². The number of carbonyl (C=O) groups is 4. The number of nitrogens with one attached hydrogen (secondary N) is 2. The molecule has 0 amide bonds. The van der Waals surface area contributed by atoms with Gasteiger partial charge in [0.1, 0.15) is 35.8 Å². The van der Waals surface area contributed by atoms with Crippen LogP contribution in [0.5, 0.6) is 11.5 Å². The van der Waals surface area contributed by atoms with E-state index in [1.54, 1.807) is 27.7 Å². The Labute approximate surface area is 369 Å². The molecule has 0 saturated carbocycles. The summed E-state index contributed by atoms with van der Waals surface area (Å²) in [5, 5.41) is 39.1. The van der Waals surface area contributed by atoms with Gasteiger partial charge >= 0.3 is 36.2 Å². The van der Waals surface area contributed by atoms with Gasteiger partial charge in [0, 0.05) is 13.1 Å². The molecule has 0 aliphatic rings. The number of alkyl halides is 6. The van der Waals surface area contributed by atoms with E-state index in [1.807, 2.05) is 48.5 Å². The first-order valence-electron chi connectivity index (χ1n) is 18.0. The molecule has 0 aliphatic heterocycles. The van der Waals surface area contributed by atoms with Crippen LogP contribution in [0.1, 0.15) is 61.1 Å². The first-order chi connectivity index (χ1) is 28.5. The minimum Gasteiger partial charge on any atom is -0.488 e. The summed E-state index contributed by atoms with van der Waals surface area (Å²) in [6.07, 6.45) is -10.2. The van der Waals surface area contributed by atoms with Crippen LogP contribution in [-0.2, 0) is 45.5 Å². The molecule has 0 unspecified atom stereocenters. The van der Waals surface area contributed by atoms with Gasteiger partial charge in [-0.1, -0.05) is 48.5 Å². The molecule has 0 aromatic heterocycles. The molecule has 0 radical (unpaired) electrons. The monoisotopic (exact) mass is 1010 g/mol. The fourth-order valence-corrected chi connectivity index (χ4v) is 6.00. The third-order valence-electron chi connectivity index (χ3n) is 8.96. The maximum absolute atomic E-state index is 11.4. The number of ether oxygens (including phenoxy) is 2. The number of aliphatic carboxylic acids is 4. The molecule has 4 aromatic carbocycles. The van der Waals surface area contributed by atoms with E-state index < -0.39 is 47.3 Å². The molecule has 0 aliphatic carbocycles. The number of rotatable bonds is 15. The van der Waals surface area contributed by atoms with E-state index in [-0.39, 0.29) is 0 Å². The summed E-state index contributed by atoms with van der Waals surface area (Å²) in [5.74, 6) is -5.91. The van der Waals surface area contributed by atoms with Gasteiger partial charge in [-0.2, -0.15) is 26.3 Å². The van der Waals surface area contributed by atoms with Gasteiger partial charge in [-0.15, -0.1) is 0 Å². The van der Waals surface area contributed by atoms with Gasteiger partial charge in [0.2, 0.25) is 0 Å². The van der Waals surface area contributed by atoms with Crippen molar-refractivity contribution in [3.05, 3.63) is 115 Å². The third kappa shape index (κ3) is 16.3. The molecule has 0 saturated heterocycles. The number of carboxylic acids is 4. The summed E-state index contributed by atoms with van der Waals surface area (Å²) in [7, 11) is 0. The maximum Gasteiger partial charge on any atom is 0.490 e. The lowest BCUT2D eigenvalue weighted by atomic mass is 9.92. The van der Waals surface area contributed by atoms with Crippen molar-refractivity contribution < 1.29 is 75.4 Å². The van der Waals surface area contributed by atoms with Crippen molar-refractivity contribution in [2.24, 2.45) is 0 Å². The molecule has 62 heavy (non-hydrogen) atoms. The number of hydrogen-bond acceptors (Lipinski definition) is 8. The smallest absolute Gasteiger partial charge is 0.488 e. The first kappa shape index (κ1) is 53.0. The predicted octanol–water partition coefficient (Wildman–Crippen LogP) is 9.83. The highest BCUT2D eigenvalue weighted by Gasteiger charge is 2.39. The average molecular weight is 1010 g/mol. The van der Waals surface area contributed by atoms with E-state index in [4.69, 9.17) is 29.3 Å². The van der Waals surface area contributed by atoms with Crippen molar-refractivity contribution in [2.45, 2.75) is 91.3 Å². The molecular weight excluding hydrogens is 966 g/mol. The highest BCUT2D eigenvalue weighted by molar-refractivity contribution is 9.11. The molecule has 0 fully saturated rings. The molecule has 4 rings (SSSR count). The van der Waals surface area contributed by atoms with Crippen LogP contribution in [0, 0.1) is 13.8 Å². The van der Waals surface area contributed by atoms with Crippen LogP contribution in [-0.4, -0.2) is 67.7 Å². The minimum atomic E-state index is -5.08. The summed E-state index contributed by atoms with van der Waals surface area (Å²) in [4.78, 5) is 40.6. The van der Waals surface area contributed by atoms with E-state index in [1.165, 1.54) is 0 Å². The van der Waals surface area contributed by atoms with Gasteiger partial charge in [0.15, 0.2) is 0 Å². The van der Waals surface area contributed by atoms with E-state index in [2.05, 4.69) is 80.6 Å². The van der Waals surface area contributed by atoms with Crippen LogP contribution in [0.15, 0.2) is 81.7 Å². The molecule has 338 valence electrons. The van der Waals surface area contributed by atoms with Gasteiger partial charge in [0.05, 0.1) is 8.95 Å². The molecule has 0 heterocycles. The van der Waals surface area contributed by atoms with Crippen LogP contribution in [0.3, 0.4) is 0 Å². The zero-order chi connectivity index (χ0) is 47.4. The Kier molecular flexibility index (Phi) is 19.0. The number of benzene rings is 4. The van der Waals surface area contributed by atoms with Crippen LogP contribution in [0.2, 0.25) is 0 Å². The summed E-state index contributed by atoms with van der Waals surface area (Å²) in [6.45, 7) is 12.4. The van der Waals surface area contributed by atoms with Crippen molar-refractivity contribution in [2.75, 3.05) is 0 Å². The van der Waals surface area contributed by atoms with Crippen LogP contribution in [0.25, 0.3) is 11.1 Å². The average Bonchev–Trinajstić information content (AvgIpc) is 3.16. The highest BCUT2D eigenvalue weighted by atomic mass is 79.9. The molecule has 0 bridgehead atoms. The number of carboxylic acid groups (broad SMARTS) is 4. The normalized spacial score (nSPS) is 11.6. The van der Waals surface area contributed by atoms with Crippen molar-refractivity contribution >= 4 is 55.7 Å². The molecule has 4 aromatic rings. The Hall–Kier alpha value is -5.18. The largest absolute Gasteiger partial charge is 0.490 e. The van der Waals surface area contributed by atoms with E-state index in [0.717, 1.165) is 53.5 Å². The van der Waals surface area contributed by atoms with Crippen molar-refractivity contribution in [1.29, 1.82) is 0 Å². The quantitative estimate of drug-likeness (QED) is 0.0619. The minimum absolute atomic E-state index is 0.386. The Morgan fingerprint density at radius 1 is 0.548 bits per heavy atom. The van der Waals surface area contributed by atoms with Crippen LogP contribution >= 0.6 is 31.9 Å². The standard InChI is InChI=1S/C38H42Br2N2O6.2C2HF3O2/c1-23-27(21-47-33-15-13-25(17-31(33)39)19-41-37(3,4)35(43)44)9-7-11-29(23)30-12-8-10-28(24(30)2)22-48-34-16-14-26(18-32(34)40)20-42-38(5,6)36(45)46;2*3-2(4,5)1(6)7/h7-18,41-42H,19-22H2,1-6H3,(H,43,44)(H,45,46);2*(H,6,7). The molecule has 20 heteroatoms.